The number of rotatable bonds is 4. The van der Waals surface area contributed by atoms with Crippen LogP contribution in [0.4, 0.5) is 0 Å². The van der Waals surface area contributed by atoms with Crippen molar-refractivity contribution >= 4 is 5.97 Å². The Kier molecular flexibility index (Phi) is 2.80. The average molecular weight is 248 g/mol. The summed E-state index contributed by atoms with van der Waals surface area (Å²) in [6.45, 7) is 5.83. The zero-order chi connectivity index (χ0) is 12.8. The van der Waals surface area contributed by atoms with Crippen molar-refractivity contribution in [3.05, 3.63) is 12.7 Å². The van der Waals surface area contributed by atoms with Crippen molar-refractivity contribution in [3.8, 4) is 0 Å². The molecule has 2 heteroatoms. The van der Waals surface area contributed by atoms with Crippen LogP contribution in [0.3, 0.4) is 0 Å². The molecule has 0 saturated heterocycles. The van der Waals surface area contributed by atoms with E-state index in [-0.39, 0.29) is 11.6 Å². The van der Waals surface area contributed by atoms with Crippen LogP contribution in [-0.4, -0.2) is 11.6 Å². The third kappa shape index (κ3) is 1.38. The van der Waals surface area contributed by atoms with Crippen molar-refractivity contribution in [1.82, 2.24) is 0 Å². The number of carbonyl (C=O) groups excluding carboxylic acids is 1. The molecular weight excluding hydrogens is 224 g/mol. The molecule has 4 atom stereocenters. The summed E-state index contributed by atoms with van der Waals surface area (Å²) in [5.74, 6) is 1.25. The molecule has 18 heavy (non-hydrogen) atoms. The maximum Gasteiger partial charge on any atom is 0.330 e. The highest BCUT2D eigenvalue weighted by atomic mass is 16.6. The molecule has 3 saturated carbocycles. The Hall–Kier alpha value is -0.790. The summed E-state index contributed by atoms with van der Waals surface area (Å²) < 4.78 is 6.00. The topological polar surface area (TPSA) is 26.3 Å². The van der Waals surface area contributed by atoms with Gasteiger partial charge < -0.3 is 4.74 Å². The zero-order valence-electron chi connectivity index (χ0n) is 11.4. The zero-order valence-corrected chi connectivity index (χ0v) is 11.4. The van der Waals surface area contributed by atoms with Gasteiger partial charge in [0, 0.05) is 17.4 Å². The Morgan fingerprint density at radius 2 is 2.28 bits per heavy atom. The van der Waals surface area contributed by atoms with Crippen molar-refractivity contribution in [2.24, 2.45) is 17.3 Å². The van der Waals surface area contributed by atoms with Crippen molar-refractivity contribution in [3.63, 3.8) is 0 Å². The number of carbonyl (C=O) groups is 1. The van der Waals surface area contributed by atoms with Crippen LogP contribution in [0.25, 0.3) is 0 Å². The lowest BCUT2D eigenvalue weighted by molar-refractivity contribution is -0.177. The van der Waals surface area contributed by atoms with E-state index in [1.54, 1.807) is 0 Å². The third-order valence-corrected chi connectivity index (χ3v) is 5.95. The minimum Gasteiger partial charge on any atom is -0.455 e. The molecule has 0 spiro atoms. The van der Waals surface area contributed by atoms with E-state index in [0.717, 1.165) is 12.3 Å². The molecule has 0 heterocycles. The molecule has 4 unspecified atom stereocenters. The highest BCUT2D eigenvalue weighted by Gasteiger charge is 2.69. The van der Waals surface area contributed by atoms with Gasteiger partial charge in [0.15, 0.2) is 0 Å². The van der Waals surface area contributed by atoms with Crippen LogP contribution in [-0.2, 0) is 9.53 Å². The van der Waals surface area contributed by atoms with E-state index >= 15 is 0 Å². The summed E-state index contributed by atoms with van der Waals surface area (Å²) in [7, 11) is 0. The summed E-state index contributed by atoms with van der Waals surface area (Å²) >= 11 is 0. The highest BCUT2D eigenvalue weighted by Crippen LogP contribution is 2.70. The highest BCUT2D eigenvalue weighted by molar-refractivity contribution is 5.81. The molecule has 2 nitrogen and oxygen atoms in total. The Morgan fingerprint density at radius 3 is 3.00 bits per heavy atom. The molecule has 0 amide bonds. The van der Waals surface area contributed by atoms with Gasteiger partial charge in [-0.2, -0.15) is 0 Å². The van der Waals surface area contributed by atoms with Gasteiger partial charge in [-0.3, -0.25) is 0 Å². The minimum atomic E-state index is -0.204. The largest absolute Gasteiger partial charge is 0.455 e. The Labute approximate surface area is 110 Å². The molecule has 3 fully saturated rings. The molecule has 0 N–H and O–H groups in total. The fraction of sp³-hybridized carbons (Fsp3) is 0.812. The van der Waals surface area contributed by atoms with Gasteiger partial charge in [-0.1, -0.05) is 19.9 Å². The second-order valence-corrected chi connectivity index (χ2v) is 6.55. The predicted octanol–water partition coefficient (Wildman–Crippen LogP) is 3.85. The summed E-state index contributed by atoms with van der Waals surface area (Å²) in [5, 5.41) is 0. The van der Waals surface area contributed by atoms with E-state index < -0.39 is 0 Å². The first-order valence-electron chi connectivity index (χ1n) is 7.53. The van der Waals surface area contributed by atoms with Gasteiger partial charge >= 0.3 is 5.97 Å². The first-order chi connectivity index (χ1) is 8.67. The SMILES string of the molecule is C=CC(=O)OC12CCCC1C1CCC2(CCC)C1. The van der Waals surface area contributed by atoms with E-state index in [1.165, 1.54) is 51.0 Å². The van der Waals surface area contributed by atoms with Crippen LogP contribution in [0.1, 0.15) is 58.3 Å². The molecule has 100 valence electrons. The molecule has 2 bridgehead atoms. The van der Waals surface area contributed by atoms with Gasteiger partial charge in [0.25, 0.3) is 0 Å². The van der Waals surface area contributed by atoms with E-state index in [1.807, 2.05) is 0 Å². The smallest absolute Gasteiger partial charge is 0.330 e. The number of hydrogen-bond acceptors (Lipinski definition) is 2. The van der Waals surface area contributed by atoms with Crippen LogP contribution < -0.4 is 0 Å². The van der Waals surface area contributed by atoms with Gasteiger partial charge in [-0.15, -0.1) is 0 Å². The molecule has 3 aliphatic rings. The van der Waals surface area contributed by atoms with Crippen LogP contribution in [0.15, 0.2) is 12.7 Å². The normalized spacial score (nSPS) is 44.9. The quantitative estimate of drug-likeness (QED) is 0.558. The third-order valence-electron chi connectivity index (χ3n) is 5.95. The lowest BCUT2D eigenvalue weighted by atomic mass is 9.65. The standard InChI is InChI=1S/C16H24O2/c1-3-8-15-10-7-12(11-15)13-6-5-9-16(13,15)18-14(17)4-2/h4,12-13H,2-3,5-11H2,1H3. The summed E-state index contributed by atoms with van der Waals surface area (Å²) in [6, 6.07) is 0. The second-order valence-electron chi connectivity index (χ2n) is 6.55. The number of esters is 1. The van der Waals surface area contributed by atoms with E-state index in [0.29, 0.717) is 11.3 Å². The van der Waals surface area contributed by atoms with Gasteiger partial charge in [-0.25, -0.2) is 4.79 Å². The Morgan fingerprint density at radius 1 is 1.44 bits per heavy atom. The summed E-state index contributed by atoms with van der Waals surface area (Å²) in [4.78, 5) is 11.8. The van der Waals surface area contributed by atoms with E-state index in [2.05, 4.69) is 13.5 Å². The molecule has 0 radical (unpaired) electrons. The van der Waals surface area contributed by atoms with Gasteiger partial charge in [0.1, 0.15) is 5.60 Å². The van der Waals surface area contributed by atoms with Crippen molar-refractivity contribution in [1.29, 1.82) is 0 Å². The lowest BCUT2D eigenvalue weighted by Gasteiger charge is -2.47. The molecule has 0 aliphatic heterocycles. The molecule has 0 aromatic carbocycles. The molecule has 0 aromatic heterocycles. The molecule has 0 aromatic rings. The Balaban J connectivity index is 1.96. The van der Waals surface area contributed by atoms with E-state index in [9.17, 15) is 4.79 Å². The lowest BCUT2D eigenvalue weighted by Crippen LogP contribution is -2.50. The van der Waals surface area contributed by atoms with Gasteiger partial charge in [-0.05, 0) is 50.9 Å². The molecular formula is C16H24O2. The predicted molar refractivity (Wildman–Crippen MR) is 71.0 cm³/mol. The average Bonchev–Trinajstić information content (AvgIpc) is 2.99. The fourth-order valence-electron chi connectivity index (χ4n) is 5.55. The maximum atomic E-state index is 11.8. The first kappa shape index (κ1) is 12.3. The van der Waals surface area contributed by atoms with Crippen LogP contribution in [0.2, 0.25) is 0 Å². The first-order valence-corrected chi connectivity index (χ1v) is 7.53. The number of hydrogen-bond donors (Lipinski definition) is 0. The van der Waals surface area contributed by atoms with Crippen molar-refractivity contribution in [2.45, 2.75) is 63.9 Å². The number of ether oxygens (including phenoxy) is 1. The minimum absolute atomic E-state index is 0.128. The summed E-state index contributed by atoms with van der Waals surface area (Å²) in [6.07, 6.45) is 11.3. The van der Waals surface area contributed by atoms with E-state index in [4.69, 9.17) is 4.74 Å². The molecule has 3 aliphatic carbocycles. The van der Waals surface area contributed by atoms with Gasteiger partial charge in [0.2, 0.25) is 0 Å². The van der Waals surface area contributed by atoms with Crippen LogP contribution in [0, 0.1) is 17.3 Å². The van der Waals surface area contributed by atoms with Crippen molar-refractivity contribution < 1.29 is 9.53 Å². The second kappa shape index (κ2) is 4.11. The fourth-order valence-corrected chi connectivity index (χ4v) is 5.55. The van der Waals surface area contributed by atoms with Crippen LogP contribution >= 0.6 is 0 Å². The monoisotopic (exact) mass is 248 g/mol. The Bertz CT molecular complexity index is 375. The summed E-state index contributed by atoms with van der Waals surface area (Å²) in [5.41, 5.74) is 0.170. The molecule has 3 rings (SSSR count). The van der Waals surface area contributed by atoms with Crippen LogP contribution in [0.5, 0.6) is 0 Å². The maximum absolute atomic E-state index is 11.8. The number of fused-ring (bicyclic) bond motifs is 5. The van der Waals surface area contributed by atoms with Gasteiger partial charge in [0.05, 0.1) is 0 Å². The van der Waals surface area contributed by atoms with Crippen molar-refractivity contribution in [2.75, 3.05) is 0 Å².